The summed E-state index contributed by atoms with van der Waals surface area (Å²) < 4.78 is 30.8. The zero-order valence-corrected chi connectivity index (χ0v) is 12.4. The van der Waals surface area contributed by atoms with Crippen LogP contribution in [0.3, 0.4) is 0 Å². The second kappa shape index (κ2) is 12.5. The maximum atomic E-state index is 8.97. The van der Waals surface area contributed by atoms with Crippen LogP contribution in [0.2, 0.25) is 0 Å². The minimum absolute atomic E-state index is 0. The monoisotopic (exact) mass is 296 g/mol. The maximum absolute atomic E-state index is 8.97. The first-order chi connectivity index (χ1) is 4.91. The quantitative estimate of drug-likeness (QED) is 0.299. The van der Waals surface area contributed by atoms with Crippen molar-refractivity contribution in [3.8, 4) is 0 Å². The van der Waals surface area contributed by atoms with Gasteiger partial charge in [0.15, 0.2) is 0 Å². The second-order valence-electron chi connectivity index (χ2n) is 2.06. The van der Waals surface area contributed by atoms with Gasteiger partial charge in [-0.15, -0.1) is 0 Å². The van der Waals surface area contributed by atoms with Gasteiger partial charge >= 0.3 is 62.8 Å². The van der Waals surface area contributed by atoms with Crippen LogP contribution in [0.1, 0.15) is 33.1 Å². The number of unbranched alkanes of at least 4 members (excludes halogenated alkanes) is 3. The molecule has 0 fully saturated rings. The molecule has 3 N–H and O–H groups in total. The SMILES string of the molecule is C[CH-]CCCC.[Na+].[O]=[Sb]([OH])([OH])[OH]. The van der Waals surface area contributed by atoms with E-state index in [1.165, 1.54) is 19.3 Å². The Hall–Kier alpha value is 1.50. The first-order valence-electron chi connectivity index (χ1n) is 3.48. The van der Waals surface area contributed by atoms with Crippen molar-refractivity contribution in [2.75, 3.05) is 0 Å². The zero-order chi connectivity index (χ0) is 9.33. The predicted molar refractivity (Wildman–Crippen MR) is 42.6 cm³/mol. The van der Waals surface area contributed by atoms with Crippen LogP contribution in [-0.2, 0) is 3.02 Å². The van der Waals surface area contributed by atoms with Crippen LogP contribution in [0.15, 0.2) is 0 Å². The minimum atomic E-state index is -5.35. The fraction of sp³-hybridized carbons (Fsp3) is 0.833. The van der Waals surface area contributed by atoms with Crippen LogP contribution < -0.4 is 29.6 Å². The van der Waals surface area contributed by atoms with Gasteiger partial charge in [0.25, 0.3) is 0 Å². The third kappa shape index (κ3) is 62.6. The van der Waals surface area contributed by atoms with Crippen molar-refractivity contribution >= 4 is 20.1 Å². The number of hydrogen-bond donors (Lipinski definition) is 3. The van der Waals surface area contributed by atoms with Gasteiger partial charge in [0.1, 0.15) is 0 Å². The third-order valence-corrected chi connectivity index (χ3v) is 0.846. The molecule has 0 unspecified atom stereocenters. The Morgan fingerprint density at radius 1 is 1.33 bits per heavy atom. The van der Waals surface area contributed by atoms with Gasteiger partial charge in [-0.05, 0) is 0 Å². The summed E-state index contributed by atoms with van der Waals surface area (Å²) >= 11 is -5.35. The summed E-state index contributed by atoms with van der Waals surface area (Å²) in [7, 11) is 0. The van der Waals surface area contributed by atoms with Crippen LogP contribution >= 0.6 is 0 Å². The van der Waals surface area contributed by atoms with Gasteiger partial charge in [-0.3, -0.25) is 0 Å². The van der Waals surface area contributed by atoms with E-state index < -0.39 is 20.1 Å². The van der Waals surface area contributed by atoms with Crippen LogP contribution in [0, 0.1) is 6.42 Å². The van der Waals surface area contributed by atoms with E-state index in [0.29, 0.717) is 0 Å². The van der Waals surface area contributed by atoms with E-state index in [-0.39, 0.29) is 29.6 Å². The molecule has 12 heavy (non-hydrogen) atoms. The molecule has 6 heteroatoms. The molecule has 0 saturated heterocycles. The average molecular weight is 297 g/mol. The van der Waals surface area contributed by atoms with E-state index in [1.54, 1.807) is 0 Å². The van der Waals surface area contributed by atoms with Crippen molar-refractivity contribution in [1.29, 1.82) is 0 Å². The molecule has 0 radical (unpaired) electrons. The molecule has 0 bridgehead atoms. The summed E-state index contributed by atoms with van der Waals surface area (Å²) in [6.07, 6.45) is 6.18. The average Bonchev–Trinajstić information content (AvgIpc) is 1.79. The summed E-state index contributed by atoms with van der Waals surface area (Å²) in [5.41, 5.74) is 0. The van der Waals surface area contributed by atoms with Crippen LogP contribution in [-0.4, -0.2) is 30.2 Å². The summed E-state index contributed by atoms with van der Waals surface area (Å²) in [4.78, 5) is 0. The second-order valence-corrected chi connectivity index (χ2v) is 4.99. The van der Waals surface area contributed by atoms with Gasteiger partial charge in [0.2, 0.25) is 0 Å². The first-order valence-corrected chi connectivity index (χ1v) is 7.94. The Kier molecular flexibility index (Phi) is 19.9. The van der Waals surface area contributed by atoms with E-state index in [2.05, 4.69) is 20.3 Å². The third-order valence-electron chi connectivity index (χ3n) is 0.846. The van der Waals surface area contributed by atoms with Gasteiger partial charge in [0, 0.05) is 0 Å². The molecule has 0 aromatic heterocycles. The molecule has 0 aromatic carbocycles. The van der Waals surface area contributed by atoms with Crippen molar-refractivity contribution in [2.45, 2.75) is 33.1 Å². The summed E-state index contributed by atoms with van der Waals surface area (Å²) in [5.74, 6) is 0. The fourth-order valence-corrected chi connectivity index (χ4v) is 0.408. The van der Waals surface area contributed by atoms with Gasteiger partial charge in [-0.2, -0.15) is 13.3 Å². The van der Waals surface area contributed by atoms with E-state index in [0.717, 1.165) is 0 Å². The summed E-state index contributed by atoms with van der Waals surface area (Å²) in [6.45, 7) is 4.32. The summed E-state index contributed by atoms with van der Waals surface area (Å²) in [5, 5.41) is 0. The molecule has 70 valence electrons. The van der Waals surface area contributed by atoms with Gasteiger partial charge in [-0.25, -0.2) is 0 Å². The predicted octanol–water partition coefficient (Wildman–Crippen LogP) is -2.77. The van der Waals surface area contributed by atoms with E-state index in [9.17, 15) is 0 Å². The Bertz CT molecular complexity index is 102. The van der Waals surface area contributed by atoms with Crippen LogP contribution in [0.25, 0.3) is 0 Å². The standard InChI is InChI=1S/C6H13.Na.3H2O.O.Sb/c1-3-5-6-4-2;;;;;;/h3H,4-6H2,1-2H3;;3*1H2;;/q-1;+1;;;;;+3/p-3. The molecule has 0 saturated carbocycles. The molecule has 4 nitrogen and oxygen atoms in total. The van der Waals surface area contributed by atoms with Gasteiger partial charge < -0.3 is 6.42 Å². The number of rotatable bonds is 3. The van der Waals surface area contributed by atoms with Crippen molar-refractivity contribution < 1.29 is 42.7 Å². The van der Waals surface area contributed by atoms with Crippen LogP contribution in [0.4, 0.5) is 0 Å². The van der Waals surface area contributed by atoms with Crippen molar-refractivity contribution in [2.24, 2.45) is 0 Å². The Labute approximate surface area is 101 Å². The topological polar surface area (TPSA) is 77.8 Å². The van der Waals surface area contributed by atoms with E-state index >= 15 is 0 Å². The molecular formula is C6H16NaO4Sb. The normalized spacial score (nSPS) is 9.42. The molecule has 0 rings (SSSR count). The molecule has 0 aliphatic rings. The molecule has 0 aromatic rings. The summed E-state index contributed by atoms with van der Waals surface area (Å²) in [6, 6.07) is 0. The van der Waals surface area contributed by atoms with Gasteiger partial charge in [0.05, 0.1) is 0 Å². The van der Waals surface area contributed by atoms with Crippen molar-refractivity contribution in [3.05, 3.63) is 6.42 Å². The molecule has 0 heterocycles. The molecular weight excluding hydrogens is 281 g/mol. The molecule has 0 aliphatic heterocycles. The van der Waals surface area contributed by atoms with E-state index in [4.69, 9.17) is 13.2 Å². The van der Waals surface area contributed by atoms with Crippen molar-refractivity contribution in [3.63, 3.8) is 0 Å². The van der Waals surface area contributed by atoms with Gasteiger partial charge in [-0.1, -0.05) is 19.8 Å². The van der Waals surface area contributed by atoms with E-state index in [1.807, 2.05) is 0 Å². The molecule has 0 amide bonds. The van der Waals surface area contributed by atoms with Crippen molar-refractivity contribution in [1.82, 2.24) is 0 Å². The molecule has 0 atom stereocenters. The molecule has 0 spiro atoms. The first kappa shape index (κ1) is 19.1. The zero-order valence-electron chi connectivity index (χ0n) is 7.90. The Morgan fingerprint density at radius 3 is 1.75 bits per heavy atom. The molecule has 0 aliphatic carbocycles. The fourth-order valence-electron chi connectivity index (χ4n) is 0.408. The Balaban J connectivity index is -0.000000126. The van der Waals surface area contributed by atoms with Crippen LogP contribution in [0.5, 0.6) is 0 Å². The Morgan fingerprint density at radius 2 is 1.67 bits per heavy atom. The number of hydrogen-bond acceptors (Lipinski definition) is 1.